The number of nitrogen functional groups attached to an aromatic ring is 2. The largest absolute Gasteiger partial charge is 0.486 e. The molecule has 1 amide bonds. The number of hydrogen-bond donors (Lipinski definition) is 5. The molecule has 0 saturated heterocycles. The van der Waals surface area contributed by atoms with Gasteiger partial charge in [-0.1, -0.05) is 46.9 Å². The highest BCUT2D eigenvalue weighted by Gasteiger charge is 2.17. The normalized spacial score (nSPS) is 11.3. The van der Waals surface area contributed by atoms with Gasteiger partial charge in [-0.25, -0.2) is 4.98 Å². The lowest BCUT2D eigenvalue weighted by Gasteiger charge is -2.15. The molecule has 3 aromatic carbocycles. The molecule has 0 aliphatic carbocycles. The van der Waals surface area contributed by atoms with Crippen LogP contribution in [0, 0.1) is 0 Å². The highest BCUT2D eigenvalue weighted by molar-refractivity contribution is 7.86. The van der Waals surface area contributed by atoms with Crippen LogP contribution in [-0.2, 0) is 33.8 Å². The quantitative estimate of drug-likeness (QED) is 0.123. The summed E-state index contributed by atoms with van der Waals surface area (Å²) in [7, 11) is -9.51. The van der Waals surface area contributed by atoms with E-state index in [2.05, 4.69) is 15.3 Å². The summed E-state index contributed by atoms with van der Waals surface area (Å²) in [4.78, 5) is 20.1. The molecule has 0 aliphatic heterocycles. The third-order valence-corrected chi connectivity index (χ3v) is 7.32. The molecule has 0 fully saturated rings. The lowest BCUT2D eigenvalue weighted by molar-refractivity contribution is 0.0950. The molecule has 1 aromatic heterocycles. The van der Waals surface area contributed by atoms with Crippen LogP contribution in [0.15, 0.2) is 65.6 Å². The topological polar surface area (TPSA) is 225 Å². The average Bonchev–Trinajstić information content (AvgIpc) is 2.91. The minimum atomic E-state index is -4.84. The van der Waals surface area contributed by atoms with Gasteiger partial charge in [0.2, 0.25) is 5.95 Å². The number of nitrogens with two attached hydrogens (primary N) is 2. The maximum absolute atomic E-state index is 13.0. The molecule has 4 aromatic rings. The SMILES string of the molecule is Nc1nc(N)c(-c2ccc(Cl)c(Cl)c2)c(COc2ccc(CNC(=O)c3ccc(S(=O)(=O)F)cc3)cc2Cl)n1.O=S(=O)(O)O. The molecule has 1 heterocycles. The molecular weight excluding hydrogens is 688 g/mol. The third-order valence-electron chi connectivity index (χ3n) is 5.45. The molecule has 0 saturated carbocycles. The zero-order chi connectivity index (χ0) is 32.8. The summed E-state index contributed by atoms with van der Waals surface area (Å²) in [5.74, 6) is -0.0423. The van der Waals surface area contributed by atoms with Gasteiger partial charge in [-0.3, -0.25) is 13.9 Å². The van der Waals surface area contributed by atoms with Gasteiger partial charge in [-0.15, -0.1) is 3.89 Å². The maximum atomic E-state index is 13.0. The Labute approximate surface area is 265 Å². The van der Waals surface area contributed by atoms with E-state index in [1.54, 1.807) is 36.4 Å². The van der Waals surface area contributed by atoms with E-state index in [1.165, 1.54) is 12.1 Å². The van der Waals surface area contributed by atoms with Crippen LogP contribution in [0.1, 0.15) is 21.6 Å². The lowest BCUT2D eigenvalue weighted by atomic mass is 10.0. The number of aromatic nitrogens is 2. The van der Waals surface area contributed by atoms with Crippen LogP contribution in [0.5, 0.6) is 5.75 Å². The Morgan fingerprint density at radius 2 is 1.52 bits per heavy atom. The molecule has 0 bridgehead atoms. The van der Waals surface area contributed by atoms with Crippen molar-refractivity contribution in [2.24, 2.45) is 0 Å². The number of hydrogen-bond acceptors (Lipinski definition) is 10. The molecule has 13 nitrogen and oxygen atoms in total. The molecule has 234 valence electrons. The number of nitrogens with zero attached hydrogens (tertiary/aromatic N) is 2. The fraction of sp³-hybridized carbons (Fsp3) is 0.0800. The highest BCUT2D eigenvalue weighted by Crippen LogP contribution is 2.34. The van der Waals surface area contributed by atoms with Crippen molar-refractivity contribution in [3.63, 3.8) is 0 Å². The van der Waals surface area contributed by atoms with Crippen molar-refractivity contribution in [2.75, 3.05) is 11.5 Å². The number of anilines is 2. The van der Waals surface area contributed by atoms with Crippen LogP contribution in [0.2, 0.25) is 15.1 Å². The number of amides is 1. The summed E-state index contributed by atoms with van der Waals surface area (Å²) >= 11 is 18.6. The van der Waals surface area contributed by atoms with E-state index >= 15 is 0 Å². The monoisotopic (exact) mass is 707 g/mol. The van der Waals surface area contributed by atoms with E-state index in [0.717, 1.165) is 12.1 Å². The van der Waals surface area contributed by atoms with Crippen LogP contribution in [0.4, 0.5) is 15.7 Å². The molecule has 0 atom stereocenters. The van der Waals surface area contributed by atoms with Gasteiger partial charge in [0.15, 0.2) is 0 Å². The Morgan fingerprint density at radius 3 is 2.09 bits per heavy atom. The first-order valence-corrected chi connectivity index (χ1v) is 15.6. The minimum Gasteiger partial charge on any atom is -0.486 e. The van der Waals surface area contributed by atoms with E-state index in [1.807, 2.05) is 0 Å². The van der Waals surface area contributed by atoms with Gasteiger partial charge in [-0.2, -0.15) is 21.8 Å². The standard InChI is InChI=1S/C25H19Cl3FN5O4S.H2O4S/c26-17-7-4-15(10-18(17)27)22-20(33-25(31)34-23(22)30)12-38-21-8-1-13(9-19(21)28)11-32-24(35)14-2-5-16(6-3-14)39(29,36)37;1-5(2,3)4/h1-10H,11-12H2,(H,32,35)(H4,30,31,33,34);(H2,1,2,3,4). The number of benzene rings is 3. The molecule has 0 aliphatic rings. The third kappa shape index (κ3) is 10.2. The van der Waals surface area contributed by atoms with Crippen molar-refractivity contribution >= 4 is 73.1 Å². The van der Waals surface area contributed by atoms with Crippen LogP contribution in [-0.4, -0.2) is 41.8 Å². The smallest absolute Gasteiger partial charge is 0.394 e. The van der Waals surface area contributed by atoms with E-state index in [0.29, 0.717) is 38.2 Å². The first kappa shape index (κ1) is 34.7. The fourth-order valence-electron chi connectivity index (χ4n) is 3.59. The number of nitrogens with one attached hydrogen (secondary N) is 1. The summed E-state index contributed by atoms with van der Waals surface area (Å²) in [6, 6.07) is 14.4. The van der Waals surface area contributed by atoms with E-state index in [-0.39, 0.29) is 35.5 Å². The Hall–Kier alpha value is -3.77. The van der Waals surface area contributed by atoms with E-state index < -0.39 is 31.4 Å². The predicted molar refractivity (Wildman–Crippen MR) is 162 cm³/mol. The second-order valence-electron chi connectivity index (χ2n) is 8.56. The molecule has 0 spiro atoms. The first-order valence-electron chi connectivity index (χ1n) is 11.7. The summed E-state index contributed by atoms with van der Waals surface area (Å²) in [5.41, 5.74) is 14.2. The zero-order valence-electron chi connectivity index (χ0n) is 21.9. The van der Waals surface area contributed by atoms with Crippen molar-refractivity contribution in [3.8, 4) is 16.9 Å². The Kier molecular flexibility index (Phi) is 11.3. The van der Waals surface area contributed by atoms with Crippen molar-refractivity contribution in [1.82, 2.24) is 15.3 Å². The molecule has 0 unspecified atom stereocenters. The van der Waals surface area contributed by atoms with Crippen LogP contribution >= 0.6 is 34.8 Å². The summed E-state index contributed by atoms with van der Waals surface area (Å²) in [5, 5.41) is 3.65. The minimum absolute atomic E-state index is 0.0342. The number of ether oxygens (including phenoxy) is 1. The molecule has 7 N–H and O–H groups in total. The molecule has 44 heavy (non-hydrogen) atoms. The summed E-state index contributed by atoms with van der Waals surface area (Å²) in [6.07, 6.45) is 0. The second kappa shape index (κ2) is 14.3. The summed E-state index contributed by atoms with van der Waals surface area (Å²) < 4.78 is 72.3. The Bertz CT molecular complexity index is 1910. The maximum Gasteiger partial charge on any atom is 0.394 e. The van der Waals surface area contributed by atoms with Crippen LogP contribution in [0.3, 0.4) is 0 Å². The van der Waals surface area contributed by atoms with Crippen molar-refractivity contribution in [2.45, 2.75) is 18.0 Å². The Balaban J connectivity index is 0.000000978. The molecule has 19 heteroatoms. The van der Waals surface area contributed by atoms with Gasteiger partial charge >= 0.3 is 20.6 Å². The number of halogens is 4. The molecule has 0 radical (unpaired) electrons. The average molecular weight is 709 g/mol. The van der Waals surface area contributed by atoms with Crippen LogP contribution in [0.25, 0.3) is 11.1 Å². The van der Waals surface area contributed by atoms with E-state index in [9.17, 15) is 17.1 Å². The van der Waals surface area contributed by atoms with E-state index in [4.69, 9.17) is 68.5 Å². The van der Waals surface area contributed by atoms with Gasteiger partial charge in [0.05, 0.1) is 25.7 Å². The number of rotatable bonds is 8. The first-order chi connectivity index (χ1) is 20.4. The zero-order valence-corrected chi connectivity index (χ0v) is 25.8. The predicted octanol–water partition coefficient (Wildman–Crippen LogP) is 4.78. The summed E-state index contributed by atoms with van der Waals surface area (Å²) in [6.45, 7) is 0.0648. The Morgan fingerprint density at radius 1 is 0.886 bits per heavy atom. The molecule has 4 rings (SSSR count). The van der Waals surface area contributed by atoms with Gasteiger partial charge in [0, 0.05) is 17.7 Å². The number of carbonyl (C=O) groups excluding carboxylic acids is 1. The molecular formula is C25H21Cl3FN5O8S2. The second-order valence-corrected chi connectivity index (χ2v) is 12.0. The van der Waals surface area contributed by atoms with Gasteiger partial charge in [0.1, 0.15) is 18.2 Å². The van der Waals surface area contributed by atoms with Crippen LogP contribution < -0.4 is 21.5 Å². The number of carbonyl (C=O) groups is 1. The lowest BCUT2D eigenvalue weighted by Crippen LogP contribution is -2.22. The van der Waals surface area contributed by atoms with Gasteiger partial charge in [-0.05, 0) is 59.7 Å². The van der Waals surface area contributed by atoms with Crippen molar-refractivity contribution in [1.29, 1.82) is 0 Å². The fourth-order valence-corrected chi connectivity index (χ4v) is 4.60. The van der Waals surface area contributed by atoms with Crippen molar-refractivity contribution in [3.05, 3.63) is 92.6 Å². The van der Waals surface area contributed by atoms with Gasteiger partial charge in [0.25, 0.3) is 5.91 Å². The van der Waals surface area contributed by atoms with Crippen molar-refractivity contribution < 1.29 is 39.4 Å². The highest BCUT2D eigenvalue weighted by atomic mass is 35.5. The van der Waals surface area contributed by atoms with Gasteiger partial charge < -0.3 is 21.5 Å².